The molecule has 1 atom stereocenters. The van der Waals surface area contributed by atoms with Gasteiger partial charge in [0, 0.05) is 22.0 Å². The Kier molecular flexibility index (Phi) is 5.53. The molecule has 136 valence electrons. The molecule has 1 aromatic heterocycles. The van der Waals surface area contributed by atoms with Crippen LogP contribution in [0.25, 0.3) is 10.6 Å². The van der Waals surface area contributed by atoms with Gasteiger partial charge in [-0.05, 0) is 31.9 Å². The van der Waals surface area contributed by atoms with E-state index in [4.69, 9.17) is 16.3 Å². The molecule has 2 N–H and O–H groups in total. The topological polar surface area (TPSA) is 97.4 Å². The third-order valence-corrected chi connectivity index (χ3v) is 4.71. The minimum absolute atomic E-state index is 0.0899. The number of carbonyl (C=O) groups is 3. The fraction of sp³-hybridized carbons (Fsp3) is 0.294. The molecule has 1 aliphatic rings. The summed E-state index contributed by atoms with van der Waals surface area (Å²) >= 11 is 7.22. The first-order valence-corrected chi connectivity index (χ1v) is 9.22. The summed E-state index contributed by atoms with van der Waals surface area (Å²) in [7, 11) is 0. The van der Waals surface area contributed by atoms with Gasteiger partial charge in [0.1, 0.15) is 5.01 Å². The molecule has 0 bridgehead atoms. The van der Waals surface area contributed by atoms with Crippen LogP contribution in [-0.2, 0) is 9.53 Å². The SMILES string of the molecule is CC(OC(=O)c1csc(-c2cccc(Cl)c2)n1)C(=O)NC(=O)NC1CC1. The highest BCUT2D eigenvalue weighted by atomic mass is 35.5. The number of hydrogen-bond acceptors (Lipinski definition) is 6. The van der Waals surface area contributed by atoms with Crippen molar-refractivity contribution in [1.29, 1.82) is 0 Å². The van der Waals surface area contributed by atoms with E-state index in [-0.39, 0.29) is 11.7 Å². The Morgan fingerprint density at radius 1 is 1.35 bits per heavy atom. The van der Waals surface area contributed by atoms with Gasteiger partial charge in [-0.25, -0.2) is 14.6 Å². The van der Waals surface area contributed by atoms with Crippen LogP contribution in [0.3, 0.4) is 0 Å². The summed E-state index contributed by atoms with van der Waals surface area (Å²) in [6.07, 6.45) is 0.694. The van der Waals surface area contributed by atoms with Crippen LogP contribution in [0.15, 0.2) is 29.6 Å². The number of rotatable bonds is 5. The molecule has 3 amide bonds. The highest BCUT2D eigenvalue weighted by Gasteiger charge is 2.26. The number of thiazole rings is 1. The number of urea groups is 1. The molecule has 1 aliphatic carbocycles. The van der Waals surface area contributed by atoms with Crippen LogP contribution in [0.2, 0.25) is 5.02 Å². The van der Waals surface area contributed by atoms with Crippen molar-refractivity contribution in [1.82, 2.24) is 15.6 Å². The van der Waals surface area contributed by atoms with Crippen molar-refractivity contribution in [3.8, 4) is 10.6 Å². The van der Waals surface area contributed by atoms with Gasteiger partial charge in [0.2, 0.25) is 0 Å². The van der Waals surface area contributed by atoms with Crippen molar-refractivity contribution in [2.45, 2.75) is 31.9 Å². The van der Waals surface area contributed by atoms with Crippen molar-refractivity contribution >= 4 is 40.8 Å². The second-order valence-electron chi connectivity index (χ2n) is 5.83. The number of imide groups is 1. The number of nitrogens with zero attached hydrogens (tertiary/aromatic N) is 1. The molecule has 2 aromatic rings. The predicted molar refractivity (Wildman–Crippen MR) is 97.1 cm³/mol. The number of benzene rings is 1. The van der Waals surface area contributed by atoms with E-state index in [2.05, 4.69) is 15.6 Å². The number of amides is 3. The minimum Gasteiger partial charge on any atom is -0.448 e. The first-order chi connectivity index (χ1) is 12.4. The summed E-state index contributed by atoms with van der Waals surface area (Å²) in [4.78, 5) is 39.8. The van der Waals surface area contributed by atoms with Crippen LogP contribution in [0.1, 0.15) is 30.3 Å². The average Bonchev–Trinajstić information content (AvgIpc) is 3.25. The van der Waals surface area contributed by atoms with Crippen molar-refractivity contribution < 1.29 is 19.1 Å². The van der Waals surface area contributed by atoms with E-state index in [0.29, 0.717) is 10.0 Å². The minimum atomic E-state index is -1.12. The maximum Gasteiger partial charge on any atom is 0.358 e. The van der Waals surface area contributed by atoms with E-state index in [1.165, 1.54) is 18.3 Å². The van der Waals surface area contributed by atoms with E-state index in [1.807, 2.05) is 6.07 Å². The number of carbonyl (C=O) groups excluding carboxylic acids is 3. The third-order valence-electron chi connectivity index (χ3n) is 3.59. The fourth-order valence-electron chi connectivity index (χ4n) is 2.06. The van der Waals surface area contributed by atoms with Gasteiger partial charge in [0.15, 0.2) is 11.8 Å². The number of hydrogen-bond donors (Lipinski definition) is 2. The average molecular weight is 394 g/mol. The second-order valence-corrected chi connectivity index (χ2v) is 7.13. The Labute approximate surface area is 158 Å². The lowest BCUT2D eigenvalue weighted by Gasteiger charge is -2.12. The lowest BCUT2D eigenvalue weighted by Crippen LogP contribution is -2.45. The molecular formula is C17H16ClN3O4S. The largest absolute Gasteiger partial charge is 0.448 e. The molecule has 1 saturated carbocycles. The van der Waals surface area contributed by atoms with Crippen LogP contribution >= 0.6 is 22.9 Å². The monoisotopic (exact) mass is 393 g/mol. The van der Waals surface area contributed by atoms with E-state index in [1.54, 1.807) is 23.6 Å². The van der Waals surface area contributed by atoms with E-state index in [9.17, 15) is 14.4 Å². The molecule has 1 aromatic carbocycles. The van der Waals surface area contributed by atoms with Gasteiger partial charge < -0.3 is 10.1 Å². The quantitative estimate of drug-likeness (QED) is 0.761. The number of ether oxygens (including phenoxy) is 1. The molecular weight excluding hydrogens is 378 g/mol. The van der Waals surface area contributed by atoms with Gasteiger partial charge in [-0.3, -0.25) is 10.1 Å². The van der Waals surface area contributed by atoms with E-state index >= 15 is 0 Å². The van der Waals surface area contributed by atoms with Crippen LogP contribution in [0, 0.1) is 0 Å². The molecule has 7 nitrogen and oxygen atoms in total. The molecule has 1 unspecified atom stereocenters. The van der Waals surface area contributed by atoms with Gasteiger partial charge in [-0.2, -0.15) is 0 Å². The molecule has 9 heteroatoms. The third kappa shape index (κ3) is 4.80. The summed E-state index contributed by atoms with van der Waals surface area (Å²) < 4.78 is 5.08. The van der Waals surface area contributed by atoms with E-state index in [0.717, 1.165) is 18.4 Å². The Morgan fingerprint density at radius 2 is 2.12 bits per heavy atom. The lowest BCUT2D eigenvalue weighted by molar-refractivity contribution is -0.127. The molecule has 3 rings (SSSR count). The van der Waals surface area contributed by atoms with Gasteiger partial charge in [0.05, 0.1) is 0 Å². The Bertz CT molecular complexity index is 850. The molecule has 0 aliphatic heterocycles. The molecule has 1 fully saturated rings. The summed E-state index contributed by atoms with van der Waals surface area (Å²) in [5, 5.41) is 7.49. The summed E-state index contributed by atoms with van der Waals surface area (Å²) in [6.45, 7) is 1.39. The lowest BCUT2D eigenvalue weighted by atomic mass is 10.2. The number of nitrogens with one attached hydrogen (secondary N) is 2. The summed E-state index contributed by atoms with van der Waals surface area (Å²) in [6, 6.07) is 6.64. The van der Waals surface area contributed by atoms with Crippen LogP contribution in [0.5, 0.6) is 0 Å². The predicted octanol–water partition coefficient (Wildman–Crippen LogP) is 3.00. The number of esters is 1. The summed E-state index contributed by atoms with van der Waals surface area (Å²) in [5.74, 6) is -1.43. The van der Waals surface area contributed by atoms with Crippen molar-refractivity contribution in [3.63, 3.8) is 0 Å². The van der Waals surface area contributed by atoms with Crippen LogP contribution in [-0.4, -0.2) is 35.0 Å². The Morgan fingerprint density at radius 3 is 2.81 bits per heavy atom. The maximum absolute atomic E-state index is 12.2. The zero-order chi connectivity index (χ0) is 18.7. The number of aromatic nitrogens is 1. The maximum atomic E-state index is 12.2. The van der Waals surface area contributed by atoms with Crippen molar-refractivity contribution in [3.05, 3.63) is 40.4 Å². The van der Waals surface area contributed by atoms with Gasteiger partial charge in [-0.15, -0.1) is 11.3 Å². The van der Waals surface area contributed by atoms with Gasteiger partial charge in [-0.1, -0.05) is 23.7 Å². The van der Waals surface area contributed by atoms with Gasteiger partial charge in [0.25, 0.3) is 5.91 Å². The first kappa shape index (κ1) is 18.3. The fourth-order valence-corrected chi connectivity index (χ4v) is 3.04. The molecule has 0 saturated heterocycles. The molecule has 0 radical (unpaired) electrons. The Balaban J connectivity index is 1.57. The first-order valence-electron chi connectivity index (χ1n) is 7.96. The van der Waals surface area contributed by atoms with Gasteiger partial charge >= 0.3 is 12.0 Å². The van der Waals surface area contributed by atoms with Crippen molar-refractivity contribution in [2.24, 2.45) is 0 Å². The Hall–Kier alpha value is -2.45. The zero-order valence-corrected chi connectivity index (χ0v) is 15.4. The molecule has 26 heavy (non-hydrogen) atoms. The van der Waals surface area contributed by atoms with Crippen LogP contribution < -0.4 is 10.6 Å². The second kappa shape index (κ2) is 7.84. The molecule has 0 spiro atoms. The molecule has 1 heterocycles. The highest BCUT2D eigenvalue weighted by molar-refractivity contribution is 7.13. The highest BCUT2D eigenvalue weighted by Crippen LogP contribution is 2.26. The number of halogens is 1. The standard InChI is InChI=1S/C17H16ClN3O4S/c1-9(14(22)21-17(24)19-12-5-6-12)25-16(23)13-8-26-15(20-13)10-3-2-4-11(18)7-10/h2-4,7-9,12H,5-6H2,1H3,(H2,19,21,22,24). The summed E-state index contributed by atoms with van der Waals surface area (Å²) in [5.41, 5.74) is 0.871. The zero-order valence-electron chi connectivity index (χ0n) is 13.8. The van der Waals surface area contributed by atoms with Crippen molar-refractivity contribution in [2.75, 3.05) is 0 Å². The van der Waals surface area contributed by atoms with Crippen LogP contribution in [0.4, 0.5) is 4.79 Å². The van der Waals surface area contributed by atoms with E-state index < -0.39 is 24.0 Å². The normalized spacial score (nSPS) is 14.4. The smallest absolute Gasteiger partial charge is 0.358 e.